The molecule has 0 atom stereocenters. The van der Waals surface area contributed by atoms with Crippen molar-refractivity contribution in [1.29, 1.82) is 0 Å². The number of hydrogen-bond donors (Lipinski definition) is 0. The maximum Gasteiger partial charge on any atom is 0.153 e. The lowest BCUT2D eigenvalue weighted by atomic mass is 10.0. The molecule has 0 N–H and O–H groups in total. The van der Waals surface area contributed by atoms with Gasteiger partial charge >= 0.3 is 0 Å². The van der Waals surface area contributed by atoms with E-state index in [2.05, 4.69) is 13.1 Å². The van der Waals surface area contributed by atoms with E-state index in [1.165, 1.54) is 70.6 Å². The second-order valence-corrected chi connectivity index (χ2v) is 12.9. The van der Waals surface area contributed by atoms with E-state index in [0.717, 1.165) is 5.54 Å². The second kappa shape index (κ2) is 7.76. The second-order valence-electron chi connectivity index (χ2n) is 6.02. The molecule has 0 heterocycles. The van der Waals surface area contributed by atoms with Crippen molar-refractivity contribution in [1.82, 2.24) is 0 Å². The molecule has 0 bridgehead atoms. The van der Waals surface area contributed by atoms with Gasteiger partial charge in [0.1, 0.15) is 0 Å². The predicted molar refractivity (Wildman–Crippen MR) is 77.9 cm³/mol. The molecular formula is C14H29ClSi. The smallest absolute Gasteiger partial charge is 0.153 e. The van der Waals surface area contributed by atoms with Crippen molar-refractivity contribution in [2.45, 2.75) is 89.3 Å². The van der Waals surface area contributed by atoms with E-state index in [1.54, 1.807) is 0 Å². The molecule has 0 aromatic rings. The zero-order valence-electron chi connectivity index (χ0n) is 11.2. The van der Waals surface area contributed by atoms with Crippen LogP contribution in [0.5, 0.6) is 0 Å². The maximum absolute atomic E-state index is 6.64. The van der Waals surface area contributed by atoms with Crippen LogP contribution in [0.25, 0.3) is 0 Å². The molecule has 1 fully saturated rings. The molecule has 0 aromatic carbocycles. The summed E-state index contributed by atoms with van der Waals surface area (Å²) in [7, 11) is -1.41. The minimum Gasteiger partial charge on any atom is -0.167 e. The molecule has 16 heavy (non-hydrogen) atoms. The summed E-state index contributed by atoms with van der Waals surface area (Å²) in [6.07, 6.45) is 15.9. The minimum absolute atomic E-state index is 0.869. The average Bonchev–Trinajstić information content (AvgIpc) is 2.16. The number of hydrogen-bond acceptors (Lipinski definition) is 0. The van der Waals surface area contributed by atoms with Gasteiger partial charge in [-0.25, -0.2) is 0 Å². The molecule has 96 valence electrons. The van der Waals surface area contributed by atoms with Crippen molar-refractivity contribution in [3.8, 4) is 0 Å². The largest absolute Gasteiger partial charge is 0.167 e. The summed E-state index contributed by atoms with van der Waals surface area (Å²) < 4.78 is 0. The zero-order chi connectivity index (χ0) is 11.9. The summed E-state index contributed by atoms with van der Waals surface area (Å²) in [5.41, 5.74) is 0.869. The van der Waals surface area contributed by atoms with Crippen LogP contribution in [0.3, 0.4) is 0 Å². The van der Waals surface area contributed by atoms with Crippen LogP contribution in [0.2, 0.25) is 18.6 Å². The Hall–Kier alpha value is 0.507. The standard InChI is InChI=1S/C14H29ClSi/c1-16(2,15)14-12-10-8-6-4-3-5-7-9-11-13-14/h14H,3-13H2,1-2H3. The maximum atomic E-state index is 6.64. The fourth-order valence-corrected chi connectivity index (χ4v) is 5.29. The van der Waals surface area contributed by atoms with Crippen LogP contribution in [0, 0.1) is 0 Å². The van der Waals surface area contributed by atoms with Crippen LogP contribution in [-0.4, -0.2) is 7.38 Å². The lowest BCUT2D eigenvalue weighted by molar-refractivity contribution is 0.500. The number of halogens is 1. The quantitative estimate of drug-likeness (QED) is 0.394. The van der Waals surface area contributed by atoms with E-state index >= 15 is 0 Å². The lowest BCUT2D eigenvalue weighted by Gasteiger charge is -2.27. The van der Waals surface area contributed by atoms with Crippen molar-refractivity contribution in [3.05, 3.63) is 0 Å². The minimum atomic E-state index is -1.41. The van der Waals surface area contributed by atoms with Gasteiger partial charge in [0.05, 0.1) is 0 Å². The SMILES string of the molecule is C[Si](C)(Cl)C1CCCCCCCCCCC1. The highest BCUT2D eigenvalue weighted by Gasteiger charge is 2.28. The Balaban J connectivity index is 2.36. The van der Waals surface area contributed by atoms with Crippen molar-refractivity contribution in [2.24, 2.45) is 0 Å². The molecule has 0 spiro atoms. The van der Waals surface area contributed by atoms with Gasteiger partial charge in [0.15, 0.2) is 7.38 Å². The third-order valence-electron chi connectivity index (χ3n) is 4.08. The Labute approximate surface area is 108 Å². The van der Waals surface area contributed by atoms with E-state index in [-0.39, 0.29) is 0 Å². The van der Waals surface area contributed by atoms with Gasteiger partial charge < -0.3 is 0 Å². The highest BCUT2D eigenvalue weighted by molar-refractivity contribution is 7.19. The van der Waals surface area contributed by atoms with Crippen LogP contribution in [0.4, 0.5) is 0 Å². The molecule has 0 amide bonds. The van der Waals surface area contributed by atoms with Crippen LogP contribution in [0.1, 0.15) is 70.6 Å². The van der Waals surface area contributed by atoms with E-state index < -0.39 is 7.38 Å². The van der Waals surface area contributed by atoms with Gasteiger partial charge in [0.2, 0.25) is 0 Å². The Morgan fingerprint density at radius 3 is 1.31 bits per heavy atom. The summed E-state index contributed by atoms with van der Waals surface area (Å²) in [4.78, 5) is 0. The average molecular weight is 261 g/mol. The summed E-state index contributed by atoms with van der Waals surface area (Å²) >= 11 is 6.64. The number of rotatable bonds is 1. The van der Waals surface area contributed by atoms with Crippen LogP contribution in [-0.2, 0) is 0 Å². The molecule has 1 saturated carbocycles. The summed E-state index contributed by atoms with van der Waals surface area (Å²) in [6, 6.07) is 0. The fourth-order valence-electron chi connectivity index (χ4n) is 2.85. The molecule has 0 aliphatic heterocycles. The molecular weight excluding hydrogens is 232 g/mol. The molecule has 0 nitrogen and oxygen atoms in total. The van der Waals surface area contributed by atoms with E-state index in [9.17, 15) is 0 Å². The first-order chi connectivity index (χ1) is 7.61. The Morgan fingerprint density at radius 2 is 1.00 bits per heavy atom. The summed E-state index contributed by atoms with van der Waals surface area (Å²) in [6.45, 7) is 4.68. The normalized spacial score (nSPS) is 23.4. The van der Waals surface area contributed by atoms with Gasteiger partial charge in [-0.05, 0) is 5.54 Å². The lowest BCUT2D eigenvalue weighted by Crippen LogP contribution is -2.25. The van der Waals surface area contributed by atoms with Gasteiger partial charge in [-0.2, -0.15) is 11.1 Å². The van der Waals surface area contributed by atoms with Gasteiger partial charge in [-0.3, -0.25) is 0 Å². The van der Waals surface area contributed by atoms with Gasteiger partial charge in [0, 0.05) is 0 Å². The van der Waals surface area contributed by atoms with Crippen molar-refractivity contribution < 1.29 is 0 Å². The van der Waals surface area contributed by atoms with E-state index in [0.29, 0.717) is 0 Å². The van der Waals surface area contributed by atoms with Crippen LogP contribution >= 0.6 is 11.1 Å². The molecule has 1 aliphatic carbocycles. The zero-order valence-corrected chi connectivity index (χ0v) is 13.0. The molecule has 0 saturated heterocycles. The Kier molecular flexibility index (Phi) is 7.07. The molecule has 0 aromatic heterocycles. The van der Waals surface area contributed by atoms with Gasteiger partial charge in [-0.15, -0.1) is 0 Å². The highest BCUT2D eigenvalue weighted by atomic mass is 35.6. The summed E-state index contributed by atoms with van der Waals surface area (Å²) in [5.74, 6) is 0. The van der Waals surface area contributed by atoms with Crippen molar-refractivity contribution in [3.63, 3.8) is 0 Å². The first-order valence-electron chi connectivity index (χ1n) is 7.29. The first kappa shape index (κ1) is 14.6. The molecule has 0 radical (unpaired) electrons. The van der Waals surface area contributed by atoms with Crippen molar-refractivity contribution in [2.75, 3.05) is 0 Å². The molecule has 2 heteroatoms. The first-order valence-corrected chi connectivity index (χ1v) is 11.4. The van der Waals surface area contributed by atoms with E-state index in [4.69, 9.17) is 11.1 Å². The van der Waals surface area contributed by atoms with Crippen LogP contribution in [0.15, 0.2) is 0 Å². The Bertz CT molecular complexity index is 162. The highest BCUT2D eigenvalue weighted by Crippen LogP contribution is 2.36. The van der Waals surface area contributed by atoms with E-state index in [1.807, 2.05) is 0 Å². The molecule has 0 unspecified atom stereocenters. The topological polar surface area (TPSA) is 0 Å². The van der Waals surface area contributed by atoms with Crippen molar-refractivity contribution >= 4 is 18.5 Å². The van der Waals surface area contributed by atoms with Gasteiger partial charge in [0.25, 0.3) is 0 Å². The predicted octanol–water partition coefficient (Wildman–Crippen LogP) is 6.11. The summed E-state index contributed by atoms with van der Waals surface area (Å²) in [5, 5.41) is 0. The monoisotopic (exact) mass is 260 g/mol. The third-order valence-corrected chi connectivity index (χ3v) is 7.52. The molecule has 1 aliphatic rings. The van der Waals surface area contributed by atoms with Crippen LogP contribution < -0.4 is 0 Å². The molecule has 1 rings (SSSR count). The fraction of sp³-hybridized carbons (Fsp3) is 1.00. The Morgan fingerprint density at radius 1 is 0.688 bits per heavy atom. The third kappa shape index (κ3) is 6.29. The van der Waals surface area contributed by atoms with Gasteiger partial charge in [-0.1, -0.05) is 83.7 Å².